The molecule has 2 rings (SSSR count). The number of aryl methyl sites for hydroxylation is 1. The Bertz CT molecular complexity index is 614. The second-order valence-corrected chi connectivity index (χ2v) is 5.13. The highest BCUT2D eigenvalue weighted by molar-refractivity contribution is 6.33. The summed E-state index contributed by atoms with van der Waals surface area (Å²) in [6, 6.07) is 11.8. The minimum atomic E-state index is 0.608. The van der Waals surface area contributed by atoms with Crippen molar-refractivity contribution in [2.45, 2.75) is 20.4 Å². The van der Waals surface area contributed by atoms with Crippen molar-refractivity contribution in [2.75, 3.05) is 19.0 Å². The minimum Gasteiger partial charge on any atom is -0.493 e. The number of nitrogens with one attached hydrogen (secondary N) is 1. The van der Waals surface area contributed by atoms with Gasteiger partial charge < -0.3 is 14.8 Å². The molecule has 0 saturated carbocycles. The van der Waals surface area contributed by atoms with Crippen molar-refractivity contribution < 1.29 is 9.47 Å². The Labute approximate surface area is 130 Å². The molecule has 0 radical (unpaired) electrons. The topological polar surface area (TPSA) is 30.5 Å². The van der Waals surface area contributed by atoms with Crippen LogP contribution in [0.4, 0.5) is 5.69 Å². The highest BCUT2D eigenvalue weighted by Gasteiger charge is 2.10. The van der Waals surface area contributed by atoms with Crippen LogP contribution >= 0.6 is 11.6 Å². The Morgan fingerprint density at radius 2 is 2.00 bits per heavy atom. The number of hydrogen-bond donors (Lipinski definition) is 1. The van der Waals surface area contributed by atoms with Gasteiger partial charge in [0.2, 0.25) is 0 Å². The van der Waals surface area contributed by atoms with Gasteiger partial charge in [0, 0.05) is 12.1 Å². The van der Waals surface area contributed by atoms with Crippen molar-refractivity contribution in [2.24, 2.45) is 0 Å². The third-order valence-electron chi connectivity index (χ3n) is 3.16. The van der Waals surface area contributed by atoms with E-state index in [2.05, 4.69) is 5.32 Å². The van der Waals surface area contributed by atoms with E-state index in [1.54, 1.807) is 7.11 Å². The predicted octanol–water partition coefficient (Wildman–Crippen LogP) is 4.67. The lowest BCUT2D eigenvalue weighted by atomic mass is 10.1. The van der Waals surface area contributed by atoms with E-state index in [1.807, 2.05) is 50.2 Å². The normalized spacial score (nSPS) is 10.3. The molecular weight excluding hydrogens is 286 g/mol. The molecule has 0 amide bonds. The molecule has 2 aromatic carbocycles. The summed E-state index contributed by atoms with van der Waals surface area (Å²) in [6.45, 7) is 5.20. The predicted molar refractivity (Wildman–Crippen MR) is 87.7 cm³/mol. The Morgan fingerprint density at radius 1 is 1.19 bits per heavy atom. The van der Waals surface area contributed by atoms with Crippen LogP contribution in [0, 0.1) is 6.92 Å². The maximum absolute atomic E-state index is 6.23. The van der Waals surface area contributed by atoms with Gasteiger partial charge >= 0.3 is 0 Å². The first kappa shape index (κ1) is 15.5. The van der Waals surface area contributed by atoms with Gasteiger partial charge in [-0.05, 0) is 37.6 Å². The van der Waals surface area contributed by atoms with Crippen LogP contribution in [0.2, 0.25) is 5.02 Å². The molecule has 112 valence electrons. The smallest absolute Gasteiger partial charge is 0.165 e. The fourth-order valence-corrected chi connectivity index (χ4v) is 2.46. The third-order valence-corrected chi connectivity index (χ3v) is 3.47. The first-order chi connectivity index (χ1) is 10.2. The lowest BCUT2D eigenvalue weighted by Crippen LogP contribution is -2.04. The summed E-state index contributed by atoms with van der Waals surface area (Å²) in [5.41, 5.74) is 3.08. The average Bonchev–Trinajstić information content (AvgIpc) is 2.47. The lowest BCUT2D eigenvalue weighted by Gasteiger charge is -2.15. The van der Waals surface area contributed by atoms with E-state index in [0.717, 1.165) is 33.3 Å². The molecule has 0 fully saturated rings. The maximum atomic E-state index is 6.23. The van der Waals surface area contributed by atoms with Crippen LogP contribution < -0.4 is 14.8 Å². The standard InChI is InChI=1S/C17H20ClNO2/c1-4-21-16-7-5-6-13(17(16)20-3)11-19-15-9-8-12(2)10-14(15)18/h5-10,19H,4,11H2,1-3H3. The van der Waals surface area contributed by atoms with Crippen LogP contribution in [0.1, 0.15) is 18.1 Å². The van der Waals surface area contributed by atoms with Gasteiger partial charge in [-0.15, -0.1) is 0 Å². The molecule has 0 unspecified atom stereocenters. The number of methoxy groups -OCH3 is 1. The number of para-hydroxylation sites is 1. The molecule has 0 saturated heterocycles. The number of ether oxygens (including phenoxy) is 2. The monoisotopic (exact) mass is 305 g/mol. The van der Waals surface area contributed by atoms with E-state index >= 15 is 0 Å². The Balaban J connectivity index is 2.17. The van der Waals surface area contributed by atoms with E-state index in [1.165, 1.54) is 0 Å². The largest absolute Gasteiger partial charge is 0.493 e. The summed E-state index contributed by atoms with van der Waals surface area (Å²) in [6.07, 6.45) is 0. The summed E-state index contributed by atoms with van der Waals surface area (Å²) in [7, 11) is 1.65. The van der Waals surface area contributed by atoms with Crippen molar-refractivity contribution in [1.82, 2.24) is 0 Å². The molecular formula is C17H20ClNO2. The minimum absolute atomic E-state index is 0.608. The first-order valence-corrected chi connectivity index (χ1v) is 7.32. The van der Waals surface area contributed by atoms with Gasteiger partial charge in [-0.25, -0.2) is 0 Å². The zero-order valence-corrected chi connectivity index (χ0v) is 13.3. The van der Waals surface area contributed by atoms with Gasteiger partial charge in [-0.1, -0.05) is 29.8 Å². The first-order valence-electron chi connectivity index (χ1n) is 6.94. The summed E-state index contributed by atoms with van der Waals surface area (Å²) < 4.78 is 11.1. The van der Waals surface area contributed by atoms with Gasteiger partial charge in [-0.3, -0.25) is 0 Å². The average molecular weight is 306 g/mol. The maximum Gasteiger partial charge on any atom is 0.165 e. The molecule has 0 heterocycles. The van der Waals surface area contributed by atoms with Crippen LogP contribution in [0.5, 0.6) is 11.5 Å². The van der Waals surface area contributed by atoms with Crippen molar-refractivity contribution >= 4 is 17.3 Å². The second kappa shape index (κ2) is 7.23. The fraction of sp³-hybridized carbons (Fsp3) is 0.294. The molecule has 0 bridgehead atoms. The van der Waals surface area contributed by atoms with Gasteiger partial charge in [-0.2, -0.15) is 0 Å². The molecule has 0 aliphatic carbocycles. The van der Waals surface area contributed by atoms with E-state index < -0.39 is 0 Å². The quantitative estimate of drug-likeness (QED) is 0.841. The van der Waals surface area contributed by atoms with Crippen LogP contribution in [0.3, 0.4) is 0 Å². The summed E-state index contributed by atoms with van der Waals surface area (Å²) >= 11 is 6.23. The molecule has 0 spiro atoms. The van der Waals surface area contributed by atoms with E-state index in [4.69, 9.17) is 21.1 Å². The van der Waals surface area contributed by atoms with Crippen molar-refractivity contribution in [3.63, 3.8) is 0 Å². The van der Waals surface area contributed by atoms with E-state index in [9.17, 15) is 0 Å². The lowest BCUT2D eigenvalue weighted by molar-refractivity contribution is 0.309. The van der Waals surface area contributed by atoms with Crippen LogP contribution in [0.15, 0.2) is 36.4 Å². The molecule has 1 N–H and O–H groups in total. The third kappa shape index (κ3) is 3.82. The molecule has 0 aliphatic rings. The highest BCUT2D eigenvalue weighted by atomic mass is 35.5. The molecule has 0 aromatic heterocycles. The van der Waals surface area contributed by atoms with Gasteiger partial charge in [0.25, 0.3) is 0 Å². The van der Waals surface area contributed by atoms with Crippen LogP contribution in [0.25, 0.3) is 0 Å². The number of anilines is 1. The Morgan fingerprint density at radius 3 is 2.67 bits per heavy atom. The molecule has 4 heteroatoms. The summed E-state index contributed by atoms with van der Waals surface area (Å²) in [5, 5.41) is 4.05. The highest BCUT2D eigenvalue weighted by Crippen LogP contribution is 2.32. The molecule has 0 aliphatic heterocycles. The number of rotatable bonds is 6. The number of benzene rings is 2. The number of halogens is 1. The van der Waals surface area contributed by atoms with E-state index in [-0.39, 0.29) is 0 Å². The van der Waals surface area contributed by atoms with Crippen LogP contribution in [-0.2, 0) is 6.54 Å². The van der Waals surface area contributed by atoms with Gasteiger partial charge in [0.1, 0.15) is 0 Å². The van der Waals surface area contributed by atoms with Crippen molar-refractivity contribution in [3.8, 4) is 11.5 Å². The Kier molecular flexibility index (Phi) is 5.34. The molecule has 0 atom stereocenters. The number of hydrogen-bond acceptors (Lipinski definition) is 3. The fourth-order valence-electron chi connectivity index (χ4n) is 2.16. The second-order valence-electron chi connectivity index (χ2n) is 4.72. The molecule has 3 nitrogen and oxygen atoms in total. The van der Waals surface area contributed by atoms with Gasteiger partial charge in [0.15, 0.2) is 11.5 Å². The summed E-state index contributed by atoms with van der Waals surface area (Å²) in [4.78, 5) is 0. The zero-order chi connectivity index (χ0) is 15.2. The van der Waals surface area contributed by atoms with Crippen LogP contribution in [-0.4, -0.2) is 13.7 Å². The van der Waals surface area contributed by atoms with Crippen molar-refractivity contribution in [1.29, 1.82) is 0 Å². The molecule has 2 aromatic rings. The summed E-state index contributed by atoms with van der Waals surface area (Å²) in [5.74, 6) is 1.52. The SMILES string of the molecule is CCOc1cccc(CNc2ccc(C)cc2Cl)c1OC. The molecule has 21 heavy (non-hydrogen) atoms. The van der Waals surface area contributed by atoms with Gasteiger partial charge in [0.05, 0.1) is 24.4 Å². The zero-order valence-electron chi connectivity index (χ0n) is 12.6. The van der Waals surface area contributed by atoms with E-state index in [0.29, 0.717) is 13.2 Å². The van der Waals surface area contributed by atoms with Crippen molar-refractivity contribution in [3.05, 3.63) is 52.5 Å². The Hall–Kier alpha value is -1.87.